The highest BCUT2D eigenvalue weighted by molar-refractivity contribution is 9.10. The molecule has 15 nitrogen and oxygen atoms in total. The maximum Gasteiger partial charge on any atom is 0.494 e. The van der Waals surface area contributed by atoms with Gasteiger partial charge in [0.2, 0.25) is 0 Å². The summed E-state index contributed by atoms with van der Waals surface area (Å²) < 4.78 is 132. The zero-order valence-electron chi connectivity index (χ0n) is 41.7. The number of amides is 4. The summed E-state index contributed by atoms with van der Waals surface area (Å²) in [7, 11) is -1.15. The normalized spacial score (nSPS) is 15.8. The number of imide groups is 2. The summed E-state index contributed by atoms with van der Waals surface area (Å²) in [6.07, 6.45) is -14.1. The van der Waals surface area contributed by atoms with Gasteiger partial charge in [-0.1, -0.05) is 62.2 Å². The molecule has 1 fully saturated rings. The Kier molecular flexibility index (Phi) is 15.2. The van der Waals surface area contributed by atoms with Crippen LogP contribution in [0.5, 0.6) is 0 Å². The Morgan fingerprint density at radius 1 is 0.570 bits per heavy atom. The molecular weight excluding hydrogens is 1190 g/mol. The van der Waals surface area contributed by atoms with Gasteiger partial charge < -0.3 is 9.31 Å². The van der Waals surface area contributed by atoms with Gasteiger partial charge in [-0.3, -0.25) is 43.4 Å². The van der Waals surface area contributed by atoms with E-state index in [1.54, 1.807) is 52.0 Å². The van der Waals surface area contributed by atoms with Crippen molar-refractivity contribution < 1.29 is 72.8 Å². The van der Waals surface area contributed by atoms with E-state index in [0.717, 1.165) is 28.0 Å². The monoisotopic (exact) mass is 1230 g/mol. The number of carbonyl (C=O) groups is 5. The smallest absolute Gasteiger partial charge is 0.399 e. The van der Waals surface area contributed by atoms with Gasteiger partial charge in [0, 0.05) is 25.3 Å². The lowest BCUT2D eigenvalue weighted by Crippen LogP contribution is -2.41. The number of H-pyrrole nitrogens is 2. The van der Waals surface area contributed by atoms with Gasteiger partial charge in [-0.05, 0) is 107 Å². The minimum Gasteiger partial charge on any atom is -0.399 e. The molecule has 4 amide bonds. The summed E-state index contributed by atoms with van der Waals surface area (Å²) in [5.41, 5.74) is -6.04. The van der Waals surface area contributed by atoms with Crippen molar-refractivity contribution in [1.29, 1.82) is 0 Å². The summed E-state index contributed by atoms with van der Waals surface area (Å²) in [4.78, 5) is 88.3. The predicted octanol–water partition coefficient (Wildman–Crippen LogP) is 10.5. The molecule has 5 aromatic carbocycles. The highest BCUT2D eigenvalue weighted by atomic mass is 79.9. The van der Waals surface area contributed by atoms with E-state index in [1.165, 1.54) is 56.3 Å². The van der Waals surface area contributed by atoms with Crippen LogP contribution in [0.2, 0.25) is 0 Å². The number of rotatable bonds is 6. The Morgan fingerprint density at radius 3 is 1.30 bits per heavy atom. The molecule has 7 aromatic rings. The van der Waals surface area contributed by atoms with E-state index in [4.69, 9.17) is 9.31 Å². The number of nitrogens with zero attached hydrogens (tertiary/aromatic N) is 4. The van der Waals surface area contributed by atoms with E-state index < -0.39 is 106 Å². The Bertz CT molecular complexity index is 3780. The van der Waals surface area contributed by atoms with Gasteiger partial charge >= 0.3 is 25.6 Å². The predicted molar refractivity (Wildman–Crippen MR) is 273 cm³/mol. The van der Waals surface area contributed by atoms with Crippen molar-refractivity contribution in [3.05, 3.63) is 176 Å². The molecule has 0 radical (unpaired) electrons. The van der Waals surface area contributed by atoms with E-state index in [1.807, 2.05) is 5.10 Å². The van der Waals surface area contributed by atoms with Crippen LogP contribution >= 0.6 is 31.9 Å². The van der Waals surface area contributed by atoms with E-state index in [2.05, 4.69) is 47.2 Å². The molecule has 10 rings (SSSR count). The number of aromatic nitrogens is 4. The van der Waals surface area contributed by atoms with Crippen molar-refractivity contribution in [3.8, 4) is 0 Å². The fraction of sp³-hybridized carbons (Fsp3) is 0.250. The maximum atomic E-state index is 14.1. The molecule has 0 atom stereocenters. The first-order chi connectivity index (χ1) is 36.6. The number of alkyl halides is 9. The Morgan fingerprint density at radius 2 is 0.924 bits per heavy atom. The number of fused-ring (bicyclic) bond motifs is 4. The molecule has 410 valence electrons. The second-order valence-corrected chi connectivity index (χ2v) is 20.9. The fourth-order valence-electron chi connectivity index (χ4n) is 8.89. The van der Waals surface area contributed by atoms with E-state index in [-0.39, 0.29) is 82.3 Å². The molecule has 3 aliphatic rings. The van der Waals surface area contributed by atoms with Crippen molar-refractivity contribution >= 4 is 95.4 Å². The minimum absolute atomic E-state index is 0.0294. The van der Waals surface area contributed by atoms with Crippen LogP contribution in [0.25, 0.3) is 21.5 Å². The third-order valence-corrected chi connectivity index (χ3v) is 14.4. The average Bonchev–Trinajstić information content (AvgIpc) is 3.98. The second kappa shape index (κ2) is 20.7. The largest absolute Gasteiger partial charge is 0.494 e. The highest BCUT2D eigenvalue weighted by Crippen LogP contribution is 2.41. The van der Waals surface area contributed by atoms with Crippen LogP contribution in [-0.4, -0.2) is 77.9 Å². The molecule has 0 saturated carbocycles. The lowest BCUT2D eigenvalue weighted by Gasteiger charge is -2.32. The number of hydrogen-bond donors (Lipinski definition) is 2. The molecule has 2 aromatic heterocycles. The van der Waals surface area contributed by atoms with Crippen molar-refractivity contribution in [2.24, 2.45) is 0 Å². The first-order valence-electron chi connectivity index (χ1n) is 23.2. The van der Waals surface area contributed by atoms with Crippen LogP contribution in [-0.2, 0) is 40.9 Å². The summed E-state index contributed by atoms with van der Waals surface area (Å²) in [5.74, 6) is -2.73. The summed E-state index contributed by atoms with van der Waals surface area (Å²) in [6.45, 7) is 8.77. The summed E-state index contributed by atoms with van der Waals surface area (Å²) in [5, 5.41) is 10.3. The van der Waals surface area contributed by atoms with Crippen molar-refractivity contribution in [2.75, 3.05) is 0 Å². The zero-order valence-corrected chi connectivity index (χ0v) is 44.9. The Labute approximate surface area is 456 Å². The van der Waals surface area contributed by atoms with E-state index in [9.17, 15) is 73.1 Å². The average molecular weight is 1230 g/mol. The van der Waals surface area contributed by atoms with Gasteiger partial charge in [0.15, 0.2) is 5.78 Å². The molecule has 5 heterocycles. The maximum absolute atomic E-state index is 14.1. The number of aromatic amines is 2. The van der Waals surface area contributed by atoms with Crippen LogP contribution in [0.1, 0.15) is 120 Å². The van der Waals surface area contributed by atoms with Gasteiger partial charge in [-0.15, -0.1) is 0 Å². The van der Waals surface area contributed by atoms with Crippen LogP contribution in [0.15, 0.2) is 103 Å². The van der Waals surface area contributed by atoms with Crippen LogP contribution in [0, 0.1) is 6.92 Å². The molecule has 2 N–H and O–H groups in total. The van der Waals surface area contributed by atoms with Gasteiger partial charge in [-0.25, -0.2) is 10.2 Å². The summed E-state index contributed by atoms with van der Waals surface area (Å²) in [6, 6.07) is 19.0. The fourth-order valence-corrected chi connectivity index (χ4v) is 9.81. The topological polar surface area (TPSA) is 202 Å². The first kappa shape index (κ1) is 57.8. The Balaban J connectivity index is 0.000000169. The lowest BCUT2D eigenvalue weighted by atomic mass is 9.77. The molecule has 3 aliphatic heterocycles. The van der Waals surface area contributed by atoms with E-state index in [0.29, 0.717) is 0 Å². The van der Waals surface area contributed by atoms with Gasteiger partial charge in [0.1, 0.15) is 0 Å². The molecule has 79 heavy (non-hydrogen) atoms. The lowest BCUT2D eigenvalue weighted by molar-refractivity contribution is -0.138. The summed E-state index contributed by atoms with van der Waals surface area (Å²) >= 11 is 5.96. The number of hydrogen-bond acceptors (Lipinski definition) is 11. The standard InChI is InChI=1S/C24H21BF3N3O5.C18H9BrF3N3O3.C10H8BrF3O/c1-22(2)23(3,4)36-25(35-22)12-9-15-17(29-30-19(32)18(15)16(10-12)24(26,27)28)11-31-20(33)13-7-5-6-8-14(13)21(31)34;19-8-5-11-13(23-24-15(26)14(11)12(6-8)18(20,21)22)7-25-16(27)9-3-1-2-4-10(9)17(25)28;1-5-8(6(2)15)3-7(11)4-9(5)10(12,13)14/h5-10H,11H2,1-4H3,(H,30,32);1-6H,7H2,(H,24,26);3-4H,1-2H3. The highest BCUT2D eigenvalue weighted by Gasteiger charge is 2.52. The van der Waals surface area contributed by atoms with Crippen molar-refractivity contribution in [1.82, 2.24) is 30.2 Å². The number of halogens is 11. The van der Waals surface area contributed by atoms with Gasteiger partial charge in [-0.2, -0.15) is 49.7 Å². The van der Waals surface area contributed by atoms with Crippen LogP contribution < -0.4 is 16.6 Å². The molecule has 0 unspecified atom stereocenters. The minimum atomic E-state index is -4.89. The number of ketones is 1. The van der Waals surface area contributed by atoms with Crippen LogP contribution in [0.3, 0.4) is 0 Å². The number of Topliss-reactive ketones (excluding diaryl/α,β-unsaturated/α-hetero) is 1. The molecule has 27 heteroatoms. The number of nitrogens with one attached hydrogen (secondary N) is 2. The van der Waals surface area contributed by atoms with Gasteiger partial charge in [0.25, 0.3) is 34.7 Å². The third kappa shape index (κ3) is 11.0. The second-order valence-electron chi connectivity index (χ2n) is 19.1. The molecular formula is C52H38BBr2F9N6O9. The van der Waals surface area contributed by atoms with E-state index >= 15 is 0 Å². The first-order valence-corrected chi connectivity index (χ1v) is 24.8. The number of benzene rings is 5. The Hall–Kier alpha value is -7.36. The zero-order chi connectivity index (χ0) is 58.2. The molecule has 1 saturated heterocycles. The molecule has 0 spiro atoms. The third-order valence-electron chi connectivity index (χ3n) is 13.5. The van der Waals surface area contributed by atoms with Gasteiger partial charge in [0.05, 0.1) is 85.4 Å². The van der Waals surface area contributed by atoms with Crippen LogP contribution in [0.4, 0.5) is 39.5 Å². The van der Waals surface area contributed by atoms with Crippen molar-refractivity contribution in [3.63, 3.8) is 0 Å². The molecule has 0 bridgehead atoms. The SMILES string of the molecule is CC(=O)c1cc(Br)cc(C(F)(F)F)c1C.CC1(C)OB(c2cc(C(F)(F)F)c3c(=O)[nH]nc(CN4C(=O)c5ccccc5C4=O)c3c2)OC1(C)C.O=C1c2ccccc2C(=O)N1Cc1n[nH]c(=O)c2c(C(F)(F)F)cc(Br)cc12. The quantitative estimate of drug-likeness (QED) is 0.0694. The van der Waals surface area contributed by atoms with Crippen molar-refractivity contribution in [2.45, 2.75) is 84.4 Å². The molecule has 0 aliphatic carbocycles. The number of carbonyl (C=O) groups excluding carboxylic acids is 5.